The summed E-state index contributed by atoms with van der Waals surface area (Å²) >= 11 is 0. The van der Waals surface area contributed by atoms with Crippen LogP contribution in [0.15, 0.2) is 46.6 Å². The SMILES string of the molecule is Cl.Cl.NC(N)=Nc1ccc(Cc2ccc(NC3=NCCN3)nc2)cn1. The lowest BCUT2D eigenvalue weighted by Gasteiger charge is -2.07. The highest BCUT2D eigenvalue weighted by Gasteiger charge is 2.05. The van der Waals surface area contributed by atoms with E-state index in [1.165, 1.54) is 0 Å². The van der Waals surface area contributed by atoms with Crippen molar-refractivity contribution >= 4 is 48.4 Å². The van der Waals surface area contributed by atoms with Crippen molar-refractivity contribution in [3.8, 4) is 0 Å². The van der Waals surface area contributed by atoms with Crippen LogP contribution in [0.2, 0.25) is 0 Å². The predicted octanol–water partition coefficient (Wildman–Crippen LogP) is 1.19. The van der Waals surface area contributed by atoms with Crippen LogP contribution >= 0.6 is 24.8 Å². The Labute approximate surface area is 158 Å². The number of nitrogens with one attached hydrogen (secondary N) is 2. The van der Waals surface area contributed by atoms with Gasteiger partial charge in [0.2, 0.25) is 0 Å². The van der Waals surface area contributed by atoms with Crippen molar-refractivity contribution in [1.29, 1.82) is 0 Å². The molecule has 0 amide bonds. The minimum absolute atomic E-state index is 0. The number of pyridine rings is 2. The molecule has 2 aromatic rings. The second-order valence-corrected chi connectivity index (χ2v) is 5.07. The third-order valence-electron chi connectivity index (χ3n) is 3.21. The second-order valence-electron chi connectivity index (χ2n) is 5.07. The van der Waals surface area contributed by atoms with E-state index in [9.17, 15) is 0 Å². The lowest BCUT2D eigenvalue weighted by Crippen LogP contribution is -2.26. The first-order valence-electron chi connectivity index (χ1n) is 7.24. The van der Waals surface area contributed by atoms with Gasteiger partial charge in [-0.2, -0.15) is 4.99 Å². The molecule has 0 spiro atoms. The normalized spacial score (nSPS) is 12.1. The Morgan fingerprint density at radius 1 is 1.08 bits per heavy atom. The zero-order chi connectivity index (χ0) is 16.1. The molecule has 0 saturated heterocycles. The van der Waals surface area contributed by atoms with Crippen LogP contribution in [0.1, 0.15) is 11.1 Å². The number of hydrogen-bond donors (Lipinski definition) is 4. The molecule has 1 aliphatic rings. The summed E-state index contributed by atoms with van der Waals surface area (Å²) in [5, 5.41) is 6.28. The van der Waals surface area contributed by atoms with Gasteiger partial charge in [-0.15, -0.1) is 24.8 Å². The second kappa shape index (κ2) is 9.65. The molecular weight excluding hydrogens is 363 g/mol. The lowest BCUT2D eigenvalue weighted by atomic mass is 10.1. The van der Waals surface area contributed by atoms with Crippen LogP contribution in [-0.4, -0.2) is 35.0 Å². The molecule has 8 nitrogen and oxygen atoms in total. The van der Waals surface area contributed by atoms with Gasteiger partial charge in [0.15, 0.2) is 17.7 Å². The van der Waals surface area contributed by atoms with Crippen LogP contribution in [0.25, 0.3) is 0 Å². The molecule has 3 rings (SSSR count). The van der Waals surface area contributed by atoms with Crippen molar-refractivity contribution in [2.75, 3.05) is 18.4 Å². The summed E-state index contributed by atoms with van der Waals surface area (Å²) in [7, 11) is 0. The van der Waals surface area contributed by atoms with Crippen LogP contribution in [0.3, 0.4) is 0 Å². The fourth-order valence-electron chi connectivity index (χ4n) is 2.16. The Morgan fingerprint density at radius 2 is 1.80 bits per heavy atom. The molecule has 0 bridgehead atoms. The van der Waals surface area contributed by atoms with E-state index in [-0.39, 0.29) is 30.8 Å². The maximum absolute atomic E-state index is 5.32. The average molecular weight is 383 g/mol. The Morgan fingerprint density at radius 3 is 2.32 bits per heavy atom. The maximum atomic E-state index is 5.32. The summed E-state index contributed by atoms with van der Waals surface area (Å²) in [6.07, 6.45) is 4.33. The smallest absolute Gasteiger partial charge is 0.197 e. The Balaban J connectivity index is 0.00000156. The molecule has 3 heterocycles. The number of nitrogens with two attached hydrogens (primary N) is 2. The molecule has 25 heavy (non-hydrogen) atoms. The molecule has 134 valence electrons. The van der Waals surface area contributed by atoms with Crippen molar-refractivity contribution in [2.45, 2.75) is 6.42 Å². The highest BCUT2D eigenvalue weighted by Crippen LogP contribution is 2.13. The Hall–Kier alpha value is -2.58. The molecule has 1 aliphatic heterocycles. The van der Waals surface area contributed by atoms with Crippen molar-refractivity contribution in [1.82, 2.24) is 15.3 Å². The molecule has 0 atom stereocenters. The van der Waals surface area contributed by atoms with E-state index < -0.39 is 0 Å². The van der Waals surface area contributed by atoms with Crippen LogP contribution < -0.4 is 22.1 Å². The highest BCUT2D eigenvalue weighted by molar-refractivity contribution is 5.93. The minimum Gasteiger partial charge on any atom is -0.370 e. The minimum atomic E-state index is -0.00102. The topological polar surface area (TPSA) is 127 Å². The first kappa shape index (κ1) is 20.5. The van der Waals surface area contributed by atoms with E-state index in [0.717, 1.165) is 42.4 Å². The number of anilines is 1. The number of aromatic nitrogens is 2. The molecule has 2 aromatic heterocycles. The van der Waals surface area contributed by atoms with Gasteiger partial charge in [0.05, 0.1) is 6.54 Å². The van der Waals surface area contributed by atoms with Crippen molar-refractivity contribution in [3.05, 3.63) is 47.8 Å². The van der Waals surface area contributed by atoms with E-state index in [4.69, 9.17) is 11.5 Å². The van der Waals surface area contributed by atoms with Gasteiger partial charge >= 0.3 is 0 Å². The molecule has 0 aromatic carbocycles. The maximum Gasteiger partial charge on any atom is 0.197 e. The lowest BCUT2D eigenvalue weighted by molar-refractivity contribution is 0.958. The molecule has 6 N–H and O–H groups in total. The quantitative estimate of drug-likeness (QED) is 0.464. The summed E-state index contributed by atoms with van der Waals surface area (Å²) in [4.78, 5) is 16.7. The molecule has 0 saturated carbocycles. The summed E-state index contributed by atoms with van der Waals surface area (Å²) in [5.74, 6) is 2.03. The average Bonchev–Trinajstić information content (AvgIpc) is 3.04. The predicted molar refractivity (Wildman–Crippen MR) is 105 cm³/mol. The van der Waals surface area contributed by atoms with E-state index in [1.54, 1.807) is 12.3 Å². The highest BCUT2D eigenvalue weighted by atomic mass is 35.5. The molecule has 0 fully saturated rings. The van der Waals surface area contributed by atoms with E-state index in [1.807, 2.05) is 24.4 Å². The Bertz CT molecular complexity index is 724. The van der Waals surface area contributed by atoms with Gasteiger partial charge in [-0.05, 0) is 23.3 Å². The zero-order valence-electron chi connectivity index (χ0n) is 13.3. The number of nitrogens with zero attached hydrogens (tertiary/aromatic N) is 4. The third kappa shape index (κ3) is 6.09. The summed E-state index contributed by atoms with van der Waals surface area (Å²) in [6.45, 7) is 1.66. The zero-order valence-corrected chi connectivity index (χ0v) is 15.0. The summed E-state index contributed by atoms with van der Waals surface area (Å²) in [6, 6.07) is 7.67. The monoisotopic (exact) mass is 382 g/mol. The van der Waals surface area contributed by atoms with Gasteiger partial charge in [-0.3, -0.25) is 4.99 Å². The Kier molecular flexibility index (Phi) is 7.90. The molecule has 0 unspecified atom stereocenters. The number of hydrogen-bond acceptors (Lipinski definition) is 6. The number of aliphatic imine (C=N–C) groups is 2. The van der Waals surface area contributed by atoms with Crippen molar-refractivity contribution in [2.24, 2.45) is 21.5 Å². The van der Waals surface area contributed by atoms with Crippen molar-refractivity contribution in [3.63, 3.8) is 0 Å². The third-order valence-corrected chi connectivity index (χ3v) is 3.21. The number of guanidine groups is 2. The van der Waals surface area contributed by atoms with Crippen LogP contribution in [0.4, 0.5) is 11.6 Å². The summed E-state index contributed by atoms with van der Waals surface area (Å²) in [5.41, 5.74) is 12.8. The van der Waals surface area contributed by atoms with E-state index >= 15 is 0 Å². The van der Waals surface area contributed by atoms with E-state index in [2.05, 4.69) is 30.6 Å². The molecular formula is C15H20Cl2N8. The standard InChI is InChI=1S/C15H18N8.2ClH/c16-14(17)22-12-3-1-10(8-20-12)7-11-2-4-13(21-9-11)23-15-18-5-6-19-15;;/h1-4,8-9H,5-7H2,(H4,16,17,20,22)(H2,18,19,21,23);2*1H. The first-order valence-corrected chi connectivity index (χ1v) is 7.24. The molecule has 0 radical (unpaired) electrons. The fourth-order valence-corrected chi connectivity index (χ4v) is 2.16. The van der Waals surface area contributed by atoms with Gasteiger partial charge in [0.25, 0.3) is 0 Å². The first-order chi connectivity index (χ1) is 11.2. The number of rotatable bonds is 4. The van der Waals surface area contributed by atoms with Gasteiger partial charge in [0.1, 0.15) is 5.82 Å². The van der Waals surface area contributed by atoms with Crippen molar-refractivity contribution < 1.29 is 0 Å². The largest absolute Gasteiger partial charge is 0.370 e. The molecule has 0 aliphatic carbocycles. The van der Waals surface area contributed by atoms with Crippen LogP contribution in [-0.2, 0) is 6.42 Å². The van der Waals surface area contributed by atoms with Crippen LogP contribution in [0.5, 0.6) is 0 Å². The number of halogens is 2. The van der Waals surface area contributed by atoms with Gasteiger partial charge in [-0.1, -0.05) is 12.1 Å². The fraction of sp³-hybridized carbons (Fsp3) is 0.200. The van der Waals surface area contributed by atoms with Crippen LogP contribution in [0, 0.1) is 0 Å². The van der Waals surface area contributed by atoms with E-state index in [0.29, 0.717) is 5.82 Å². The van der Waals surface area contributed by atoms with Gasteiger partial charge in [-0.25, -0.2) is 9.97 Å². The van der Waals surface area contributed by atoms with Gasteiger partial charge < -0.3 is 22.1 Å². The van der Waals surface area contributed by atoms with Gasteiger partial charge in [0, 0.05) is 25.4 Å². The molecule has 10 heteroatoms. The summed E-state index contributed by atoms with van der Waals surface area (Å²) < 4.78 is 0.